The number of halogens is 3. The largest absolute Gasteiger partial charge is 0.411 e. The Labute approximate surface area is 138 Å². The molecule has 5 nitrogen and oxygen atoms in total. The van der Waals surface area contributed by atoms with Crippen LogP contribution in [0.25, 0.3) is 0 Å². The van der Waals surface area contributed by atoms with Crippen molar-refractivity contribution in [2.45, 2.75) is 19.3 Å². The molecular weight excluding hydrogens is 325 g/mol. The van der Waals surface area contributed by atoms with Crippen LogP contribution in [-0.2, 0) is 27.4 Å². The number of hydrogen-bond acceptors (Lipinski definition) is 4. The summed E-state index contributed by atoms with van der Waals surface area (Å²) in [5.41, 5.74) is 2.02. The molecule has 0 aliphatic carbocycles. The van der Waals surface area contributed by atoms with Crippen LogP contribution in [0.1, 0.15) is 11.1 Å². The van der Waals surface area contributed by atoms with Gasteiger partial charge in [-0.1, -0.05) is 24.3 Å². The summed E-state index contributed by atoms with van der Waals surface area (Å²) in [6.07, 6.45) is -4.42. The number of alkyl halides is 3. The summed E-state index contributed by atoms with van der Waals surface area (Å²) in [4.78, 5) is 13.8. The summed E-state index contributed by atoms with van der Waals surface area (Å²) in [6.45, 7) is 2.27. The molecular formula is C16H21F3N2O3. The van der Waals surface area contributed by atoms with Crippen LogP contribution in [0, 0.1) is 0 Å². The quantitative estimate of drug-likeness (QED) is 0.817. The van der Waals surface area contributed by atoms with Crippen molar-refractivity contribution in [3.8, 4) is 0 Å². The Morgan fingerprint density at radius 1 is 1.25 bits per heavy atom. The first-order valence-electron chi connectivity index (χ1n) is 7.71. The second-order valence-corrected chi connectivity index (χ2v) is 5.59. The fraction of sp³-hybridized carbons (Fsp3) is 0.562. The van der Waals surface area contributed by atoms with Gasteiger partial charge in [0.05, 0.1) is 13.2 Å². The van der Waals surface area contributed by atoms with E-state index in [1.165, 1.54) is 0 Å². The molecule has 0 radical (unpaired) electrons. The van der Waals surface area contributed by atoms with E-state index in [-0.39, 0.29) is 6.54 Å². The van der Waals surface area contributed by atoms with Crippen LogP contribution in [0.4, 0.5) is 13.2 Å². The van der Waals surface area contributed by atoms with Crippen molar-refractivity contribution in [3.05, 3.63) is 35.4 Å². The van der Waals surface area contributed by atoms with E-state index in [0.29, 0.717) is 0 Å². The zero-order valence-electron chi connectivity index (χ0n) is 13.3. The average molecular weight is 346 g/mol. The Balaban J connectivity index is 1.74. The summed E-state index contributed by atoms with van der Waals surface area (Å²) in [6, 6.07) is 7.75. The van der Waals surface area contributed by atoms with Gasteiger partial charge in [-0.05, 0) is 11.1 Å². The fourth-order valence-corrected chi connectivity index (χ4v) is 2.37. The first-order valence-corrected chi connectivity index (χ1v) is 7.71. The molecule has 24 heavy (non-hydrogen) atoms. The Morgan fingerprint density at radius 3 is 2.67 bits per heavy atom. The number of rotatable bonds is 7. The van der Waals surface area contributed by atoms with Crippen molar-refractivity contribution in [1.82, 2.24) is 10.2 Å². The second-order valence-electron chi connectivity index (χ2n) is 5.59. The van der Waals surface area contributed by atoms with Crippen molar-refractivity contribution in [2.75, 3.05) is 39.5 Å². The van der Waals surface area contributed by atoms with Crippen LogP contribution in [0.2, 0.25) is 0 Å². The van der Waals surface area contributed by atoms with Gasteiger partial charge in [-0.25, -0.2) is 0 Å². The zero-order valence-corrected chi connectivity index (χ0v) is 13.3. The average Bonchev–Trinajstić information content (AvgIpc) is 2.53. The first kappa shape index (κ1) is 18.7. The highest BCUT2D eigenvalue weighted by Crippen LogP contribution is 2.14. The summed E-state index contributed by atoms with van der Waals surface area (Å²) in [7, 11) is 0. The third kappa shape index (κ3) is 7.29. The number of amides is 1. The smallest absolute Gasteiger partial charge is 0.379 e. The predicted molar refractivity (Wildman–Crippen MR) is 81.3 cm³/mol. The monoisotopic (exact) mass is 346 g/mol. The minimum Gasteiger partial charge on any atom is -0.379 e. The number of benzene rings is 1. The van der Waals surface area contributed by atoms with Crippen LogP contribution >= 0.6 is 0 Å². The van der Waals surface area contributed by atoms with E-state index in [4.69, 9.17) is 4.74 Å². The maximum absolute atomic E-state index is 11.9. The van der Waals surface area contributed by atoms with Crippen molar-refractivity contribution >= 4 is 5.91 Å². The lowest BCUT2D eigenvalue weighted by molar-refractivity contribution is -0.175. The van der Waals surface area contributed by atoms with Gasteiger partial charge in [0.15, 0.2) is 0 Å². The molecule has 1 saturated heterocycles. The third-order valence-electron chi connectivity index (χ3n) is 3.49. The molecule has 0 bridgehead atoms. The van der Waals surface area contributed by atoms with Gasteiger partial charge in [0.25, 0.3) is 0 Å². The lowest BCUT2D eigenvalue weighted by atomic mass is 10.1. The van der Waals surface area contributed by atoms with Gasteiger partial charge in [0.1, 0.15) is 13.2 Å². The minimum absolute atomic E-state index is 0.255. The Morgan fingerprint density at radius 2 is 1.96 bits per heavy atom. The molecule has 8 heteroatoms. The molecule has 0 atom stereocenters. The maximum atomic E-state index is 11.9. The highest BCUT2D eigenvalue weighted by atomic mass is 19.4. The SMILES string of the molecule is O=C(COCC(F)(F)F)NCc1cccc(CN2CCOCC2)c1. The van der Waals surface area contributed by atoms with E-state index in [0.717, 1.165) is 44.0 Å². The summed E-state index contributed by atoms with van der Waals surface area (Å²) < 4.78 is 45.4. The molecule has 1 amide bonds. The van der Waals surface area contributed by atoms with E-state index in [9.17, 15) is 18.0 Å². The minimum atomic E-state index is -4.42. The highest BCUT2D eigenvalue weighted by molar-refractivity contribution is 5.77. The van der Waals surface area contributed by atoms with E-state index >= 15 is 0 Å². The number of carbonyl (C=O) groups is 1. The van der Waals surface area contributed by atoms with E-state index in [1.54, 1.807) is 0 Å². The third-order valence-corrected chi connectivity index (χ3v) is 3.49. The summed E-state index contributed by atoms with van der Waals surface area (Å²) in [5.74, 6) is -0.571. The lowest BCUT2D eigenvalue weighted by Gasteiger charge is -2.26. The number of nitrogens with one attached hydrogen (secondary N) is 1. The van der Waals surface area contributed by atoms with Crippen LogP contribution in [0.5, 0.6) is 0 Å². The van der Waals surface area contributed by atoms with Crippen molar-refractivity contribution < 1.29 is 27.4 Å². The molecule has 0 saturated carbocycles. The topological polar surface area (TPSA) is 50.8 Å². The lowest BCUT2D eigenvalue weighted by Crippen LogP contribution is -2.35. The van der Waals surface area contributed by atoms with Gasteiger partial charge < -0.3 is 14.8 Å². The fourth-order valence-electron chi connectivity index (χ4n) is 2.37. The molecule has 1 heterocycles. The molecule has 1 aromatic rings. The number of morpholine rings is 1. The van der Waals surface area contributed by atoms with Gasteiger partial charge in [-0.3, -0.25) is 9.69 Å². The second kappa shape index (κ2) is 9.00. The van der Waals surface area contributed by atoms with Crippen LogP contribution in [0.15, 0.2) is 24.3 Å². The molecule has 1 fully saturated rings. The van der Waals surface area contributed by atoms with Gasteiger partial charge >= 0.3 is 6.18 Å². The maximum Gasteiger partial charge on any atom is 0.411 e. The van der Waals surface area contributed by atoms with Gasteiger partial charge in [-0.2, -0.15) is 13.2 Å². The predicted octanol–water partition coefficient (Wildman–Crippen LogP) is 1.71. The van der Waals surface area contributed by atoms with E-state index in [2.05, 4.69) is 15.0 Å². The highest BCUT2D eigenvalue weighted by Gasteiger charge is 2.27. The van der Waals surface area contributed by atoms with Crippen molar-refractivity contribution in [3.63, 3.8) is 0 Å². The van der Waals surface area contributed by atoms with Gasteiger partial charge in [0.2, 0.25) is 5.91 Å². The van der Waals surface area contributed by atoms with E-state index < -0.39 is 25.3 Å². The van der Waals surface area contributed by atoms with Gasteiger partial charge in [0, 0.05) is 26.2 Å². The van der Waals surface area contributed by atoms with Crippen molar-refractivity contribution in [2.24, 2.45) is 0 Å². The van der Waals surface area contributed by atoms with Gasteiger partial charge in [-0.15, -0.1) is 0 Å². The molecule has 1 aromatic carbocycles. The molecule has 0 unspecified atom stereocenters. The Hall–Kier alpha value is -1.64. The standard InChI is InChI=1S/C16H21F3N2O3/c17-16(18,19)12-24-11-15(22)20-9-13-2-1-3-14(8-13)10-21-4-6-23-7-5-21/h1-3,8H,4-7,9-12H2,(H,20,22). The van der Waals surface area contributed by atoms with Crippen molar-refractivity contribution in [1.29, 1.82) is 0 Å². The molecule has 1 aliphatic heterocycles. The molecule has 1 N–H and O–H groups in total. The summed E-state index contributed by atoms with van der Waals surface area (Å²) in [5, 5.41) is 2.55. The molecule has 2 rings (SSSR count). The number of nitrogens with zero attached hydrogens (tertiary/aromatic N) is 1. The van der Waals surface area contributed by atoms with E-state index in [1.807, 2.05) is 24.3 Å². The first-order chi connectivity index (χ1) is 11.4. The molecule has 134 valence electrons. The molecule has 0 aromatic heterocycles. The van der Waals surface area contributed by atoms with Crippen LogP contribution < -0.4 is 5.32 Å². The zero-order chi connectivity index (χ0) is 17.4. The number of carbonyl (C=O) groups excluding carboxylic acids is 1. The Bertz CT molecular complexity index is 532. The van der Waals surface area contributed by atoms with Crippen LogP contribution in [-0.4, -0.2) is 56.5 Å². The normalized spacial score (nSPS) is 16.1. The molecule has 0 spiro atoms. The Kier molecular flexibility index (Phi) is 7.01. The number of ether oxygens (including phenoxy) is 2. The summed E-state index contributed by atoms with van der Waals surface area (Å²) >= 11 is 0. The van der Waals surface area contributed by atoms with Crippen LogP contribution in [0.3, 0.4) is 0 Å². The number of hydrogen-bond donors (Lipinski definition) is 1. The molecule has 1 aliphatic rings.